The minimum absolute atomic E-state index is 0.0157. The van der Waals surface area contributed by atoms with Crippen molar-refractivity contribution < 1.29 is 36.6 Å². The molecule has 0 radical (unpaired) electrons. The van der Waals surface area contributed by atoms with E-state index in [9.17, 15) is 36.6 Å². The number of amides is 1. The molecule has 2 aromatic rings. The molecular formula is C37H53F3N6O5S2. The van der Waals surface area contributed by atoms with Crippen molar-refractivity contribution >= 4 is 27.7 Å². The lowest BCUT2D eigenvalue weighted by atomic mass is 9.75. The van der Waals surface area contributed by atoms with Gasteiger partial charge in [-0.05, 0) is 56.2 Å². The van der Waals surface area contributed by atoms with E-state index in [1.54, 1.807) is 15.6 Å². The van der Waals surface area contributed by atoms with E-state index in [0.717, 1.165) is 62.8 Å². The van der Waals surface area contributed by atoms with E-state index in [4.69, 9.17) is 5.10 Å². The zero-order valence-electron chi connectivity index (χ0n) is 30.5. The minimum Gasteiger partial charge on any atom is -0.391 e. The number of fused-ring (bicyclic) bond motifs is 2. The molecule has 4 atom stereocenters. The Kier molecular flexibility index (Phi) is 11.9. The van der Waals surface area contributed by atoms with Crippen LogP contribution in [-0.2, 0) is 40.5 Å². The number of halogens is 3. The maximum atomic E-state index is 14.3. The second kappa shape index (κ2) is 16.1. The number of benzene rings is 1. The molecule has 1 amide bonds. The first-order chi connectivity index (χ1) is 25.2. The Balaban J connectivity index is 1.07. The lowest BCUT2D eigenvalue weighted by molar-refractivity contribution is -0.139. The second-order valence-corrected chi connectivity index (χ2v) is 19.0. The Labute approximate surface area is 314 Å². The Morgan fingerprint density at radius 3 is 2.42 bits per heavy atom. The van der Waals surface area contributed by atoms with Crippen molar-refractivity contribution in [1.82, 2.24) is 28.8 Å². The van der Waals surface area contributed by atoms with E-state index in [1.807, 2.05) is 0 Å². The molecule has 4 fully saturated rings. The number of carbonyl (C=O) groups is 1. The van der Waals surface area contributed by atoms with Crippen molar-refractivity contribution in [3.63, 3.8) is 0 Å². The molecule has 5 aliphatic rings. The van der Waals surface area contributed by atoms with Crippen molar-refractivity contribution in [1.29, 1.82) is 0 Å². The van der Waals surface area contributed by atoms with Crippen molar-refractivity contribution in [2.24, 2.45) is 11.8 Å². The quantitative estimate of drug-likeness (QED) is 0.327. The third-order valence-electron chi connectivity index (χ3n) is 12.2. The molecule has 1 saturated carbocycles. The molecule has 2 unspecified atom stereocenters. The fraction of sp³-hybridized carbons (Fsp3) is 0.730. The summed E-state index contributed by atoms with van der Waals surface area (Å²) in [6, 6.07) is 4.17. The number of piperidine rings is 2. The van der Waals surface area contributed by atoms with Gasteiger partial charge in [0.1, 0.15) is 0 Å². The first-order valence-corrected chi connectivity index (χ1v) is 22.0. The molecule has 0 bridgehead atoms. The molecule has 2 N–H and O–H groups in total. The van der Waals surface area contributed by atoms with E-state index in [2.05, 4.69) is 9.80 Å². The number of likely N-dealkylation sites (tertiary alicyclic amines) is 3. The first kappa shape index (κ1) is 39.0. The van der Waals surface area contributed by atoms with Crippen LogP contribution in [0.5, 0.6) is 0 Å². The SMILES string of the molecule is CS(=O)(=O)N1CCc2c(c(-c3ccc(C(F)(F)F)c(SCCN4CCC5CCCCC5C4)c3)nn2C[C@@H](O)CN2CCC(N3C[C@@H](O)CC3=O)CC2)C1. The number of aromatic nitrogens is 2. The number of aliphatic hydroxyl groups excluding tert-OH is 2. The number of thioether (sulfide) groups is 1. The highest BCUT2D eigenvalue weighted by Crippen LogP contribution is 2.41. The third-order valence-corrected chi connectivity index (χ3v) is 14.4. The summed E-state index contributed by atoms with van der Waals surface area (Å²) in [5, 5.41) is 26.0. The zero-order chi connectivity index (χ0) is 37.5. The minimum atomic E-state index is -4.53. The molecule has 1 aromatic carbocycles. The number of sulfonamides is 1. The predicted molar refractivity (Wildman–Crippen MR) is 197 cm³/mol. The van der Waals surface area contributed by atoms with Gasteiger partial charge in [0.15, 0.2) is 0 Å². The van der Waals surface area contributed by atoms with E-state index < -0.39 is 34.0 Å². The number of hydrogen-bond donors (Lipinski definition) is 2. The van der Waals surface area contributed by atoms with Gasteiger partial charge in [0.05, 0.1) is 42.7 Å². The fourth-order valence-corrected chi connectivity index (χ4v) is 11.3. The molecule has 11 nitrogen and oxygen atoms in total. The number of hydrogen-bond acceptors (Lipinski definition) is 9. The molecule has 53 heavy (non-hydrogen) atoms. The van der Waals surface area contributed by atoms with Gasteiger partial charge in [0.2, 0.25) is 15.9 Å². The van der Waals surface area contributed by atoms with Crippen LogP contribution < -0.4 is 0 Å². The third kappa shape index (κ3) is 9.10. The number of nitrogens with zero attached hydrogens (tertiary/aromatic N) is 6. The summed E-state index contributed by atoms with van der Waals surface area (Å²) in [4.78, 5) is 18.7. The number of rotatable bonds is 11. The monoisotopic (exact) mass is 782 g/mol. The van der Waals surface area contributed by atoms with Crippen molar-refractivity contribution in [3.8, 4) is 11.3 Å². The topological polar surface area (TPSA) is 122 Å². The molecule has 1 aromatic heterocycles. The van der Waals surface area contributed by atoms with Gasteiger partial charge in [-0.2, -0.15) is 22.6 Å². The van der Waals surface area contributed by atoms with Gasteiger partial charge in [-0.15, -0.1) is 11.8 Å². The molecule has 7 rings (SSSR count). The highest BCUT2D eigenvalue weighted by molar-refractivity contribution is 7.99. The summed E-state index contributed by atoms with van der Waals surface area (Å²) in [5.74, 6) is 1.99. The zero-order valence-corrected chi connectivity index (χ0v) is 32.1. The van der Waals surface area contributed by atoms with Crippen molar-refractivity contribution in [2.45, 2.75) is 100 Å². The van der Waals surface area contributed by atoms with Crippen LogP contribution in [0.4, 0.5) is 13.2 Å². The lowest BCUT2D eigenvalue weighted by Gasteiger charge is -2.41. The maximum absolute atomic E-state index is 14.3. The molecule has 0 spiro atoms. The van der Waals surface area contributed by atoms with E-state index in [-0.39, 0.29) is 42.9 Å². The summed E-state index contributed by atoms with van der Waals surface area (Å²) >= 11 is 1.21. The van der Waals surface area contributed by atoms with Crippen LogP contribution in [0, 0.1) is 11.8 Å². The summed E-state index contributed by atoms with van der Waals surface area (Å²) in [5.41, 5.74) is 1.68. The Hall–Kier alpha value is -2.21. The molecule has 4 aliphatic heterocycles. The lowest BCUT2D eigenvalue weighted by Crippen LogP contribution is -2.47. The molecule has 3 saturated heterocycles. The van der Waals surface area contributed by atoms with Crippen LogP contribution in [0.15, 0.2) is 23.1 Å². The molecule has 5 heterocycles. The Morgan fingerprint density at radius 1 is 0.981 bits per heavy atom. The molecule has 1 aliphatic carbocycles. The predicted octanol–water partition coefficient (Wildman–Crippen LogP) is 3.91. The second-order valence-electron chi connectivity index (χ2n) is 15.8. The van der Waals surface area contributed by atoms with Crippen LogP contribution in [0.2, 0.25) is 0 Å². The average molecular weight is 783 g/mol. The summed E-state index contributed by atoms with van der Waals surface area (Å²) in [7, 11) is -3.54. The number of β-amino-alcohol motifs (C(OH)–C–C–N with tert-alkyl or cyclic N) is 2. The summed E-state index contributed by atoms with van der Waals surface area (Å²) in [6.07, 6.45) is 3.51. The van der Waals surface area contributed by atoms with Gasteiger partial charge >= 0.3 is 6.18 Å². The Morgan fingerprint density at radius 2 is 1.72 bits per heavy atom. The normalized spacial score (nSPS) is 26.2. The highest BCUT2D eigenvalue weighted by Gasteiger charge is 2.37. The van der Waals surface area contributed by atoms with Crippen LogP contribution in [0.25, 0.3) is 11.3 Å². The maximum Gasteiger partial charge on any atom is 0.417 e. The van der Waals surface area contributed by atoms with Crippen LogP contribution in [-0.4, -0.2) is 136 Å². The van der Waals surface area contributed by atoms with Gasteiger partial charge in [0.25, 0.3) is 0 Å². The molecule has 16 heteroatoms. The van der Waals surface area contributed by atoms with E-state index in [1.165, 1.54) is 47.8 Å². The molecular weight excluding hydrogens is 730 g/mol. The Bertz CT molecular complexity index is 1730. The van der Waals surface area contributed by atoms with Crippen LogP contribution >= 0.6 is 11.8 Å². The van der Waals surface area contributed by atoms with Crippen molar-refractivity contribution in [2.75, 3.05) is 64.4 Å². The highest BCUT2D eigenvalue weighted by atomic mass is 32.2. The van der Waals surface area contributed by atoms with Gasteiger partial charge in [0, 0.05) is 92.3 Å². The average Bonchev–Trinajstić information content (AvgIpc) is 3.65. The number of alkyl halides is 3. The standard InChI is InChI=1S/C37H53F3N6O5S2/c1-53(50,51)44-15-11-33-31(24-44)36(41-46(33)23-30(48)21-42-13-9-28(10-14-42)45-22-29(47)19-35(45)49)26-6-7-32(37(38,39)40)34(18-26)52-17-16-43-12-8-25-4-2-3-5-27(25)20-43/h6-7,18,25,27-30,47-48H,2-5,8-17,19-24H2,1H3/t25?,27?,29-,30-/m0/s1. The largest absolute Gasteiger partial charge is 0.417 e. The van der Waals surface area contributed by atoms with E-state index in [0.29, 0.717) is 61.1 Å². The van der Waals surface area contributed by atoms with E-state index >= 15 is 0 Å². The van der Waals surface area contributed by atoms with Crippen molar-refractivity contribution in [3.05, 3.63) is 35.0 Å². The first-order valence-electron chi connectivity index (χ1n) is 19.2. The summed E-state index contributed by atoms with van der Waals surface area (Å²) in [6.45, 7) is 5.31. The van der Waals surface area contributed by atoms with Gasteiger partial charge in [-0.1, -0.05) is 25.3 Å². The van der Waals surface area contributed by atoms with Gasteiger partial charge < -0.3 is 24.9 Å². The molecule has 294 valence electrons. The van der Waals surface area contributed by atoms with Crippen LogP contribution in [0.3, 0.4) is 0 Å². The fourth-order valence-electron chi connectivity index (χ4n) is 9.35. The number of aliphatic hydroxyl groups is 2. The van der Waals surface area contributed by atoms with Crippen LogP contribution in [0.1, 0.15) is 68.2 Å². The summed E-state index contributed by atoms with van der Waals surface area (Å²) < 4.78 is 71.2. The number of carbonyl (C=O) groups excluding carboxylic acids is 1. The smallest absolute Gasteiger partial charge is 0.391 e. The van der Waals surface area contributed by atoms with Gasteiger partial charge in [-0.3, -0.25) is 9.48 Å². The van der Waals surface area contributed by atoms with Gasteiger partial charge in [-0.25, -0.2) is 8.42 Å².